The molecule has 0 aliphatic heterocycles. The molecule has 0 fully saturated rings. The fourth-order valence-corrected chi connectivity index (χ4v) is 1.22. The molecule has 0 aromatic rings. The molecule has 0 saturated heterocycles. The summed E-state index contributed by atoms with van der Waals surface area (Å²) < 4.78 is 0. The molecule has 2 atom stereocenters. The zero-order valence-electron chi connectivity index (χ0n) is 6.86. The Balaban J connectivity index is 2.78. The zero-order valence-corrected chi connectivity index (χ0v) is 6.86. The first-order valence-corrected chi connectivity index (χ1v) is 3.87. The maximum absolute atomic E-state index is 9.44. The van der Waals surface area contributed by atoms with E-state index in [1.807, 2.05) is 19.9 Å². The third-order valence-corrected chi connectivity index (χ3v) is 1.93. The summed E-state index contributed by atoms with van der Waals surface area (Å²) in [5.41, 5.74) is 0.903. The number of hydrogen-bond acceptors (Lipinski definition) is 2. The van der Waals surface area contributed by atoms with Gasteiger partial charge in [0.05, 0.1) is 0 Å². The van der Waals surface area contributed by atoms with Crippen LogP contribution in [0.2, 0.25) is 0 Å². The predicted molar refractivity (Wildman–Crippen MR) is 44.1 cm³/mol. The molecule has 2 nitrogen and oxygen atoms in total. The highest BCUT2D eigenvalue weighted by Gasteiger charge is 2.22. The predicted octanol–water partition coefficient (Wildman–Crippen LogP) is 0.860. The lowest BCUT2D eigenvalue weighted by Crippen LogP contribution is -2.29. The van der Waals surface area contributed by atoms with Crippen molar-refractivity contribution < 1.29 is 10.2 Å². The molecule has 1 rings (SSSR count). The fourth-order valence-electron chi connectivity index (χ4n) is 1.22. The van der Waals surface area contributed by atoms with E-state index in [1.54, 1.807) is 12.2 Å². The largest absolute Gasteiger partial charge is 0.386 e. The first-order chi connectivity index (χ1) is 5.13. The van der Waals surface area contributed by atoms with E-state index in [9.17, 15) is 10.2 Å². The number of aliphatic hydroxyl groups excluding tert-OH is 2. The molecule has 2 N–H and O–H groups in total. The number of allylic oxidation sites excluding steroid dienone is 2. The molecule has 0 amide bonds. The van der Waals surface area contributed by atoms with E-state index in [-0.39, 0.29) is 0 Å². The van der Waals surface area contributed by atoms with Gasteiger partial charge in [-0.15, -0.1) is 0 Å². The second-order valence-electron chi connectivity index (χ2n) is 3.14. The van der Waals surface area contributed by atoms with Crippen LogP contribution in [0.5, 0.6) is 0 Å². The molecule has 0 aromatic carbocycles. The van der Waals surface area contributed by atoms with E-state index in [2.05, 4.69) is 0 Å². The molecule has 0 aromatic heterocycles. The third kappa shape index (κ3) is 1.70. The van der Waals surface area contributed by atoms with Gasteiger partial charge in [-0.25, -0.2) is 0 Å². The maximum atomic E-state index is 9.44. The minimum atomic E-state index is -0.725. The molecular weight excluding hydrogens is 140 g/mol. The fraction of sp³-hybridized carbons (Fsp3) is 0.556. The van der Waals surface area contributed by atoms with Crippen molar-refractivity contribution in [1.82, 2.24) is 0 Å². The van der Waals surface area contributed by atoms with Crippen LogP contribution in [0.4, 0.5) is 0 Å². The van der Waals surface area contributed by atoms with E-state index in [1.165, 1.54) is 0 Å². The second kappa shape index (κ2) is 3.20. The summed E-state index contributed by atoms with van der Waals surface area (Å²) in [6.45, 7) is 4.00. The first-order valence-electron chi connectivity index (χ1n) is 3.87. The van der Waals surface area contributed by atoms with E-state index in [0.29, 0.717) is 5.92 Å². The Morgan fingerprint density at radius 1 is 1.36 bits per heavy atom. The monoisotopic (exact) mass is 154 g/mol. The maximum Gasteiger partial charge on any atom is 0.105 e. The lowest BCUT2D eigenvalue weighted by atomic mass is 9.91. The van der Waals surface area contributed by atoms with Gasteiger partial charge in [-0.2, -0.15) is 0 Å². The summed E-state index contributed by atoms with van der Waals surface area (Å²) in [4.78, 5) is 0. The van der Waals surface area contributed by atoms with Crippen molar-refractivity contribution in [3.05, 3.63) is 23.8 Å². The molecule has 11 heavy (non-hydrogen) atoms. The van der Waals surface area contributed by atoms with Crippen molar-refractivity contribution in [1.29, 1.82) is 0 Å². The Labute approximate surface area is 66.9 Å². The summed E-state index contributed by atoms with van der Waals surface area (Å²) in [6, 6.07) is 0. The van der Waals surface area contributed by atoms with Crippen molar-refractivity contribution >= 4 is 0 Å². The van der Waals surface area contributed by atoms with Gasteiger partial charge in [0.2, 0.25) is 0 Å². The molecule has 1 aliphatic rings. The van der Waals surface area contributed by atoms with Gasteiger partial charge in [-0.05, 0) is 11.5 Å². The molecule has 2 heteroatoms. The number of aliphatic hydroxyl groups is 2. The van der Waals surface area contributed by atoms with Gasteiger partial charge in [-0.1, -0.05) is 32.1 Å². The normalized spacial score (nSPS) is 30.8. The zero-order chi connectivity index (χ0) is 8.43. The van der Waals surface area contributed by atoms with Crippen LogP contribution in [0, 0.1) is 5.92 Å². The minimum absolute atomic E-state index is 0.296. The highest BCUT2D eigenvalue weighted by atomic mass is 16.3. The Morgan fingerprint density at radius 2 is 2.00 bits per heavy atom. The van der Waals surface area contributed by atoms with Gasteiger partial charge < -0.3 is 10.2 Å². The molecule has 0 saturated carbocycles. The molecule has 1 aliphatic carbocycles. The van der Waals surface area contributed by atoms with Crippen LogP contribution in [0.1, 0.15) is 13.8 Å². The standard InChI is InChI=1S/C9H14O2/c1-6(2)7-4-3-5-8(10)9(7)11/h3-6,8-11H,1-2H3. The number of rotatable bonds is 1. The van der Waals surface area contributed by atoms with Gasteiger partial charge in [0.1, 0.15) is 12.2 Å². The van der Waals surface area contributed by atoms with Crippen LogP contribution in [0.3, 0.4) is 0 Å². The van der Waals surface area contributed by atoms with Crippen molar-refractivity contribution in [2.45, 2.75) is 26.1 Å². The van der Waals surface area contributed by atoms with Crippen molar-refractivity contribution in [3.8, 4) is 0 Å². The minimum Gasteiger partial charge on any atom is -0.386 e. The van der Waals surface area contributed by atoms with Gasteiger partial charge in [0.25, 0.3) is 0 Å². The average molecular weight is 154 g/mol. The van der Waals surface area contributed by atoms with Gasteiger partial charge in [-0.3, -0.25) is 0 Å². The van der Waals surface area contributed by atoms with Crippen molar-refractivity contribution in [3.63, 3.8) is 0 Å². The van der Waals surface area contributed by atoms with Gasteiger partial charge in [0, 0.05) is 0 Å². The van der Waals surface area contributed by atoms with Crippen LogP contribution >= 0.6 is 0 Å². The molecule has 0 heterocycles. The van der Waals surface area contributed by atoms with Crippen molar-refractivity contribution in [2.75, 3.05) is 0 Å². The third-order valence-electron chi connectivity index (χ3n) is 1.93. The van der Waals surface area contributed by atoms with E-state index >= 15 is 0 Å². The van der Waals surface area contributed by atoms with Crippen LogP contribution in [0.15, 0.2) is 23.8 Å². The highest BCUT2D eigenvalue weighted by Crippen LogP contribution is 2.20. The lowest BCUT2D eigenvalue weighted by Gasteiger charge is -2.23. The van der Waals surface area contributed by atoms with Crippen LogP contribution in [0.25, 0.3) is 0 Å². The molecule has 2 unspecified atom stereocenters. The molecule has 62 valence electrons. The molecular formula is C9H14O2. The van der Waals surface area contributed by atoms with E-state index in [0.717, 1.165) is 5.57 Å². The van der Waals surface area contributed by atoms with E-state index < -0.39 is 12.2 Å². The molecule has 0 radical (unpaired) electrons. The van der Waals surface area contributed by atoms with Crippen LogP contribution < -0.4 is 0 Å². The van der Waals surface area contributed by atoms with Gasteiger partial charge in [0.15, 0.2) is 0 Å². The summed E-state index contributed by atoms with van der Waals surface area (Å²) in [6.07, 6.45) is 3.81. The Morgan fingerprint density at radius 3 is 2.45 bits per heavy atom. The summed E-state index contributed by atoms with van der Waals surface area (Å²) in [5, 5.41) is 18.7. The van der Waals surface area contributed by atoms with Crippen LogP contribution in [-0.2, 0) is 0 Å². The smallest absolute Gasteiger partial charge is 0.105 e. The highest BCUT2D eigenvalue weighted by molar-refractivity contribution is 5.26. The van der Waals surface area contributed by atoms with Crippen LogP contribution in [-0.4, -0.2) is 22.4 Å². The summed E-state index contributed by atoms with van der Waals surface area (Å²) in [7, 11) is 0. The van der Waals surface area contributed by atoms with Crippen molar-refractivity contribution in [2.24, 2.45) is 5.92 Å². The topological polar surface area (TPSA) is 40.5 Å². The average Bonchev–Trinajstić information content (AvgIpc) is 1.94. The Bertz CT molecular complexity index is 192. The number of hydrogen-bond donors (Lipinski definition) is 2. The quantitative estimate of drug-likeness (QED) is 0.588. The second-order valence-corrected chi connectivity index (χ2v) is 3.14. The SMILES string of the molecule is CC(C)C1=CC=CC(O)C1O. The Hall–Kier alpha value is -0.600. The molecule has 0 spiro atoms. The molecule has 0 bridgehead atoms. The lowest BCUT2D eigenvalue weighted by molar-refractivity contribution is 0.0659. The summed E-state index contributed by atoms with van der Waals surface area (Å²) >= 11 is 0. The van der Waals surface area contributed by atoms with E-state index in [4.69, 9.17) is 0 Å². The first kappa shape index (κ1) is 8.50. The Kier molecular flexibility index (Phi) is 2.47. The van der Waals surface area contributed by atoms with Gasteiger partial charge >= 0.3 is 0 Å². The summed E-state index contributed by atoms with van der Waals surface area (Å²) in [5.74, 6) is 0.296.